The third-order valence-corrected chi connectivity index (χ3v) is 4.41. The number of likely N-dealkylation sites (N-methyl/N-ethyl adjacent to an activating group) is 1. The van der Waals surface area contributed by atoms with E-state index in [4.69, 9.17) is 9.47 Å². The van der Waals surface area contributed by atoms with Crippen LogP contribution in [0.15, 0.2) is 18.2 Å². The monoisotopic (exact) mass is 277 g/mol. The highest BCUT2D eigenvalue weighted by Crippen LogP contribution is 2.36. The summed E-state index contributed by atoms with van der Waals surface area (Å²) >= 11 is 0. The van der Waals surface area contributed by atoms with Gasteiger partial charge in [0.25, 0.3) is 0 Å². The van der Waals surface area contributed by atoms with Crippen molar-refractivity contribution in [3.63, 3.8) is 0 Å². The van der Waals surface area contributed by atoms with Crippen LogP contribution < -0.4 is 14.8 Å². The Morgan fingerprint density at radius 2 is 2.15 bits per heavy atom. The van der Waals surface area contributed by atoms with Gasteiger partial charge in [0, 0.05) is 11.6 Å². The minimum atomic E-state index is -0.647. The van der Waals surface area contributed by atoms with E-state index < -0.39 is 5.60 Å². The molecular weight excluding hydrogens is 254 g/mol. The Morgan fingerprint density at radius 3 is 2.90 bits per heavy atom. The SMILES string of the molecule is CNC1COc2cc(OCC3(O)CCCCC3)ccc21. The average molecular weight is 277 g/mol. The van der Waals surface area contributed by atoms with Gasteiger partial charge in [-0.2, -0.15) is 0 Å². The summed E-state index contributed by atoms with van der Waals surface area (Å²) < 4.78 is 11.4. The molecule has 1 aromatic carbocycles. The number of fused-ring (bicyclic) bond motifs is 1. The molecule has 0 amide bonds. The second-order valence-electron chi connectivity index (χ2n) is 5.93. The highest BCUT2D eigenvalue weighted by molar-refractivity contribution is 5.45. The third-order valence-electron chi connectivity index (χ3n) is 4.41. The van der Waals surface area contributed by atoms with Crippen molar-refractivity contribution in [1.82, 2.24) is 5.32 Å². The van der Waals surface area contributed by atoms with Crippen LogP contribution in [-0.4, -0.2) is 31.0 Å². The first-order chi connectivity index (χ1) is 9.70. The molecule has 0 spiro atoms. The van der Waals surface area contributed by atoms with Crippen LogP contribution >= 0.6 is 0 Å². The highest BCUT2D eigenvalue weighted by Gasteiger charge is 2.30. The Morgan fingerprint density at radius 1 is 1.35 bits per heavy atom. The number of ether oxygens (including phenoxy) is 2. The van der Waals surface area contributed by atoms with Crippen molar-refractivity contribution in [2.24, 2.45) is 0 Å². The molecule has 1 aromatic rings. The first-order valence-corrected chi connectivity index (χ1v) is 7.49. The first kappa shape index (κ1) is 13.7. The molecule has 0 aromatic heterocycles. The zero-order valence-corrected chi connectivity index (χ0v) is 12.0. The Balaban J connectivity index is 1.64. The second-order valence-corrected chi connectivity index (χ2v) is 5.93. The van der Waals surface area contributed by atoms with E-state index in [-0.39, 0.29) is 6.04 Å². The Bertz CT molecular complexity index is 469. The average Bonchev–Trinajstić information content (AvgIpc) is 2.88. The maximum atomic E-state index is 10.4. The van der Waals surface area contributed by atoms with Crippen LogP contribution in [0.25, 0.3) is 0 Å². The second kappa shape index (κ2) is 5.62. The van der Waals surface area contributed by atoms with Gasteiger partial charge < -0.3 is 19.9 Å². The lowest BCUT2D eigenvalue weighted by Gasteiger charge is -2.31. The number of rotatable bonds is 4. The fourth-order valence-electron chi connectivity index (χ4n) is 3.09. The lowest BCUT2D eigenvalue weighted by molar-refractivity contribution is -0.0339. The summed E-state index contributed by atoms with van der Waals surface area (Å²) in [6.45, 7) is 1.04. The summed E-state index contributed by atoms with van der Waals surface area (Å²) in [6.07, 6.45) is 5.10. The Hall–Kier alpha value is -1.26. The summed E-state index contributed by atoms with van der Waals surface area (Å²) in [6, 6.07) is 6.20. The zero-order chi connectivity index (χ0) is 14.0. The molecule has 0 saturated heterocycles. The summed E-state index contributed by atoms with van der Waals surface area (Å²) in [5, 5.41) is 13.7. The molecule has 4 heteroatoms. The number of nitrogens with one attached hydrogen (secondary N) is 1. The standard InChI is InChI=1S/C16H23NO3/c1-17-14-10-19-15-9-12(5-6-13(14)15)20-11-16(18)7-3-2-4-8-16/h5-6,9,14,17-18H,2-4,7-8,10-11H2,1H3. The predicted octanol–water partition coefficient (Wildman–Crippen LogP) is 2.41. The molecule has 4 nitrogen and oxygen atoms in total. The molecule has 3 rings (SSSR count). The van der Waals surface area contributed by atoms with Crippen LogP contribution in [0.1, 0.15) is 43.7 Å². The Labute approximate surface area is 120 Å². The Kier molecular flexibility index (Phi) is 3.85. The number of hydrogen-bond donors (Lipinski definition) is 2. The van der Waals surface area contributed by atoms with E-state index in [0.717, 1.165) is 37.2 Å². The van der Waals surface area contributed by atoms with E-state index >= 15 is 0 Å². The van der Waals surface area contributed by atoms with Crippen LogP contribution in [0.5, 0.6) is 11.5 Å². The summed E-state index contributed by atoms with van der Waals surface area (Å²) in [5.41, 5.74) is 0.530. The lowest BCUT2D eigenvalue weighted by Crippen LogP contribution is -2.37. The van der Waals surface area contributed by atoms with Crippen molar-refractivity contribution in [1.29, 1.82) is 0 Å². The fourth-order valence-corrected chi connectivity index (χ4v) is 3.09. The van der Waals surface area contributed by atoms with Gasteiger partial charge in [-0.1, -0.05) is 19.3 Å². The lowest BCUT2D eigenvalue weighted by atomic mass is 9.85. The van der Waals surface area contributed by atoms with Crippen LogP contribution in [0.2, 0.25) is 0 Å². The third kappa shape index (κ3) is 2.76. The van der Waals surface area contributed by atoms with Crippen molar-refractivity contribution >= 4 is 0 Å². The molecule has 2 aliphatic rings. The highest BCUT2D eigenvalue weighted by atomic mass is 16.5. The molecule has 0 radical (unpaired) electrons. The van der Waals surface area contributed by atoms with Crippen LogP contribution in [-0.2, 0) is 0 Å². The van der Waals surface area contributed by atoms with Gasteiger partial charge in [0.05, 0.1) is 11.6 Å². The van der Waals surface area contributed by atoms with Gasteiger partial charge in [-0.25, -0.2) is 0 Å². The summed E-state index contributed by atoms with van der Waals surface area (Å²) in [5.74, 6) is 1.66. The summed E-state index contributed by atoms with van der Waals surface area (Å²) in [7, 11) is 1.94. The minimum Gasteiger partial charge on any atom is -0.491 e. The van der Waals surface area contributed by atoms with Gasteiger partial charge in [-0.05, 0) is 32.0 Å². The maximum absolute atomic E-state index is 10.4. The van der Waals surface area contributed by atoms with Gasteiger partial charge in [-0.3, -0.25) is 0 Å². The molecule has 1 aliphatic carbocycles. The quantitative estimate of drug-likeness (QED) is 0.887. The van der Waals surface area contributed by atoms with E-state index in [0.29, 0.717) is 13.2 Å². The molecule has 1 unspecified atom stereocenters. The van der Waals surface area contributed by atoms with Crippen LogP contribution in [0, 0.1) is 0 Å². The van der Waals surface area contributed by atoms with Crippen LogP contribution in [0.3, 0.4) is 0 Å². The molecule has 20 heavy (non-hydrogen) atoms. The molecule has 110 valence electrons. The normalized spacial score (nSPS) is 24.0. The molecule has 1 heterocycles. The van der Waals surface area contributed by atoms with E-state index in [9.17, 15) is 5.11 Å². The van der Waals surface area contributed by atoms with Gasteiger partial charge in [0.2, 0.25) is 0 Å². The fraction of sp³-hybridized carbons (Fsp3) is 0.625. The minimum absolute atomic E-state index is 0.265. The molecule has 1 fully saturated rings. The van der Waals surface area contributed by atoms with E-state index in [1.807, 2.05) is 25.2 Å². The van der Waals surface area contributed by atoms with Crippen LogP contribution in [0.4, 0.5) is 0 Å². The summed E-state index contributed by atoms with van der Waals surface area (Å²) in [4.78, 5) is 0. The molecule has 0 bridgehead atoms. The molecule has 1 atom stereocenters. The van der Waals surface area contributed by atoms with Crippen molar-refractivity contribution in [2.75, 3.05) is 20.3 Å². The molecular formula is C16H23NO3. The molecule has 2 N–H and O–H groups in total. The van der Waals surface area contributed by atoms with Crippen molar-refractivity contribution < 1.29 is 14.6 Å². The maximum Gasteiger partial charge on any atom is 0.127 e. The molecule has 1 aliphatic heterocycles. The topological polar surface area (TPSA) is 50.7 Å². The number of aliphatic hydroxyl groups is 1. The van der Waals surface area contributed by atoms with Gasteiger partial charge in [0.1, 0.15) is 24.7 Å². The van der Waals surface area contributed by atoms with E-state index in [1.165, 1.54) is 12.0 Å². The van der Waals surface area contributed by atoms with Crippen molar-refractivity contribution in [3.8, 4) is 11.5 Å². The largest absolute Gasteiger partial charge is 0.491 e. The van der Waals surface area contributed by atoms with Gasteiger partial charge >= 0.3 is 0 Å². The first-order valence-electron chi connectivity index (χ1n) is 7.49. The zero-order valence-electron chi connectivity index (χ0n) is 12.0. The van der Waals surface area contributed by atoms with Gasteiger partial charge in [-0.15, -0.1) is 0 Å². The van der Waals surface area contributed by atoms with E-state index in [2.05, 4.69) is 5.32 Å². The smallest absolute Gasteiger partial charge is 0.127 e. The van der Waals surface area contributed by atoms with Crippen molar-refractivity contribution in [3.05, 3.63) is 23.8 Å². The number of benzene rings is 1. The van der Waals surface area contributed by atoms with Crippen molar-refractivity contribution in [2.45, 2.75) is 43.7 Å². The van der Waals surface area contributed by atoms with Gasteiger partial charge in [0.15, 0.2) is 0 Å². The van der Waals surface area contributed by atoms with E-state index in [1.54, 1.807) is 0 Å². The predicted molar refractivity (Wildman–Crippen MR) is 77.3 cm³/mol. The number of hydrogen-bond acceptors (Lipinski definition) is 4. The molecule has 1 saturated carbocycles.